The first kappa shape index (κ1) is 20.0. The first-order chi connectivity index (χ1) is 14.9. The molecule has 0 saturated carbocycles. The zero-order valence-corrected chi connectivity index (χ0v) is 17.1. The Labute approximate surface area is 179 Å². The fraction of sp³-hybridized carbons (Fsp3) is 0.174. The van der Waals surface area contributed by atoms with Crippen LogP contribution in [0.3, 0.4) is 0 Å². The van der Waals surface area contributed by atoms with Gasteiger partial charge in [-0.25, -0.2) is 0 Å². The molecule has 0 spiro atoms. The van der Waals surface area contributed by atoms with Gasteiger partial charge < -0.3 is 13.9 Å². The lowest BCUT2D eigenvalue weighted by molar-refractivity contribution is 0.301. The summed E-state index contributed by atoms with van der Waals surface area (Å²) >= 11 is 1.69. The number of nitrogens with zero attached hydrogens (tertiary/aromatic N) is 3. The standard InChI is InChI=1S/C23H21N3O3S/c1-2-7-20(8-3-1)27-14-15-30-17-22-25-26-23(29-22)18-9-11-21(12-10-18)28-16-19-6-4-5-13-24-19/h1-13H,14-17H2. The van der Waals surface area contributed by atoms with Gasteiger partial charge in [0.15, 0.2) is 0 Å². The number of para-hydroxylation sites is 1. The van der Waals surface area contributed by atoms with Crippen molar-refractivity contribution in [3.63, 3.8) is 0 Å². The van der Waals surface area contributed by atoms with Gasteiger partial charge in [-0.3, -0.25) is 4.98 Å². The van der Waals surface area contributed by atoms with Crippen molar-refractivity contribution >= 4 is 11.8 Å². The van der Waals surface area contributed by atoms with Crippen molar-refractivity contribution in [1.29, 1.82) is 0 Å². The fourth-order valence-electron chi connectivity index (χ4n) is 2.66. The van der Waals surface area contributed by atoms with Gasteiger partial charge in [0.2, 0.25) is 11.8 Å². The first-order valence-corrected chi connectivity index (χ1v) is 10.7. The van der Waals surface area contributed by atoms with Crippen LogP contribution in [0.1, 0.15) is 11.6 Å². The van der Waals surface area contributed by atoms with Crippen molar-refractivity contribution in [1.82, 2.24) is 15.2 Å². The summed E-state index contributed by atoms with van der Waals surface area (Å²) in [5.74, 6) is 4.24. The normalized spacial score (nSPS) is 10.7. The molecule has 0 unspecified atom stereocenters. The van der Waals surface area contributed by atoms with Crippen LogP contribution in [0.2, 0.25) is 0 Å². The van der Waals surface area contributed by atoms with Crippen molar-refractivity contribution in [2.24, 2.45) is 0 Å². The minimum absolute atomic E-state index is 0.427. The molecule has 0 aliphatic carbocycles. The molecule has 0 atom stereocenters. The molecule has 2 aromatic heterocycles. The van der Waals surface area contributed by atoms with E-state index in [1.807, 2.05) is 72.8 Å². The molecule has 6 nitrogen and oxygen atoms in total. The van der Waals surface area contributed by atoms with Crippen molar-refractivity contribution < 1.29 is 13.9 Å². The molecular weight excluding hydrogens is 398 g/mol. The monoisotopic (exact) mass is 419 g/mol. The molecule has 2 heterocycles. The Hall–Kier alpha value is -3.32. The smallest absolute Gasteiger partial charge is 0.247 e. The molecule has 7 heteroatoms. The van der Waals surface area contributed by atoms with Crippen molar-refractivity contribution in [2.75, 3.05) is 12.4 Å². The summed E-state index contributed by atoms with van der Waals surface area (Å²) in [6.45, 7) is 1.06. The number of aromatic nitrogens is 3. The number of hydrogen-bond donors (Lipinski definition) is 0. The van der Waals surface area contributed by atoms with Gasteiger partial charge in [-0.2, -0.15) is 0 Å². The first-order valence-electron chi connectivity index (χ1n) is 9.58. The van der Waals surface area contributed by atoms with Crippen LogP contribution in [0.25, 0.3) is 11.5 Å². The molecule has 2 aromatic carbocycles. The Kier molecular flexibility index (Phi) is 6.96. The summed E-state index contributed by atoms with van der Waals surface area (Å²) in [6.07, 6.45) is 1.75. The van der Waals surface area contributed by atoms with Crippen LogP contribution in [-0.2, 0) is 12.4 Å². The molecule has 0 aliphatic rings. The minimum atomic E-state index is 0.427. The highest BCUT2D eigenvalue weighted by Crippen LogP contribution is 2.23. The predicted octanol–water partition coefficient (Wildman–Crippen LogP) is 5.02. The van der Waals surface area contributed by atoms with Crippen LogP contribution < -0.4 is 9.47 Å². The number of rotatable bonds is 10. The predicted molar refractivity (Wildman–Crippen MR) is 116 cm³/mol. The second kappa shape index (κ2) is 10.5. The van der Waals surface area contributed by atoms with E-state index in [1.54, 1.807) is 18.0 Å². The summed E-state index contributed by atoms with van der Waals surface area (Å²) in [4.78, 5) is 4.25. The highest BCUT2D eigenvalue weighted by atomic mass is 32.2. The minimum Gasteiger partial charge on any atom is -0.493 e. The van der Waals surface area contributed by atoms with E-state index in [1.165, 1.54) is 0 Å². The van der Waals surface area contributed by atoms with E-state index < -0.39 is 0 Å². The number of thioether (sulfide) groups is 1. The third-order valence-electron chi connectivity index (χ3n) is 4.15. The molecule has 0 aliphatic heterocycles. The van der Waals surface area contributed by atoms with Crippen LogP contribution in [0, 0.1) is 0 Å². The highest BCUT2D eigenvalue weighted by molar-refractivity contribution is 7.98. The number of ether oxygens (including phenoxy) is 2. The second-order valence-electron chi connectivity index (χ2n) is 6.35. The molecule has 0 N–H and O–H groups in total. The number of hydrogen-bond acceptors (Lipinski definition) is 7. The summed E-state index contributed by atoms with van der Waals surface area (Å²) in [6, 6.07) is 23.1. The third kappa shape index (κ3) is 5.84. The number of benzene rings is 2. The van der Waals surface area contributed by atoms with Gasteiger partial charge in [0.25, 0.3) is 0 Å². The summed E-state index contributed by atoms with van der Waals surface area (Å²) < 4.78 is 17.2. The van der Waals surface area contributed by atoms with Gasteiger partial charge in [-0.15, -0.1) is 22.0 Å². The molecule has 0 saturated heterocycles. The van der Waals surface area contributed by atoms with Crippen molar-refractivity contribution in [3.05, 3.63) is 90.6 Å². The average molecular weight is 420 g/mol. The van der Waals surface area contributed by atoms with Crippen LogP contribution >= 0.6 is 11.8 Å². The van der Waals surface area contributed by atoms with Gasteiger partial charge in [0.05, 0.1) is 18.1 Å². The molecule has 0 radical (unpaired) electrons. The zero-order chi connectivity index (χ0) is 20.4. The largest absolute Gasteiger partial charge is 0.493 e. The van der Waals surface area contributed by atoms with E-state index in [0.717, 1.165) is 28.5 Å². The van der Waals surface area contributed by atoms with E-state index in [4.69, 9.17) is 13.9 Å². The topological polar surface area (TPSA) is 70.3 Å². The Morgan fingerprint density at radius 2 is 1.60 bits per heavy atom. The summed E-state index contributed by atoms with van der Waals surface area (Å²) in [5.41, 5.74) is 1.74. The fourth-order valence-corrected chi connectivity index (χ4v) is 3.29. The van der Waals surface area contributed by atoms with Gasteiger partial charge in [0, 0.05) is 17.5 Å². The van der Waals surface area contributed by atoms with E-state index in [0.29, 0.717) is 30.7 Å². The Bertz CT molecular complexity index is 1020. The zero-order valence-electron chi connectivity index (χ0n) is 16.3. The van der Waals surface area contributed by atoms with Gasteiger partial charge in [0.1, 0.15) is 18.1 Å². The highest BCUT2D eigenvalue weighted by Gasteiger charge is 2.09. The molecule has 0 fully saturated rings. The lowest BCUT2D eigenvalue weighted by atomic mass is 10.2. The Balaban J connectivity index is 1.22. The lowest BCUT2D eigenvalue weighted by Crippen LogP contribution is -2.00. The van der Waals surface area contributed by atoms with E-state index in [2.05, 4.69) is 15.2 Å². The molecule has 152 valence electrons. The van der Waals surface area contributed by atoms with E-state index in [9.17, 15) is 0 Å². The lowest BCUT2D eigenvalue weighted by Gasteiger charge is -2.05. The maximum atomic E-state index is 5.77. The van der Waals surface area contributed by atoms with Crippen LogP contribution in [-0.4, -0.2) is 27.5 Å². The SMILES string of the molecule is c1ccc(OCCSCc2nnc(-c3ccc(OCc4ccccn4)cc3)o2)cc1. The molecule has 4 aromatic rings. The van der Waals surface area contributed by atoms with Crippen LogP contribution in [0.5, 0.6) is 11.5 Å². The molecular formula is C23H21N3O3S. The maximum absolute atomic E-state index is 5.77. The summed E-state index contributed by atoms with van der Waals surface area (Å²) in [5, 5.41) is 8.27. The van der Waals surface area contributed by atoms with Gasteiger partial charge >= 0.3 is 0 Å². The molecule has 0 bridgehead atoms. The molecule has 4 rings (SSSR count). The average Bonchev–Trinajstić information content (AvgIpc) is 3.28. The third-order valence-corrected chi connectivity index (χ3v) is 5.05. The Morgan fingerprint density at radius 3 is 2.40 bits per heavy atom. The van der Waals surface area contributed by atoms with E-state index in [-0.39, 0.29) is 0 Å². The molecule has 30 heavy (non-hydrogen) atoms. The number of pyridine rings is 1. The maximum Gasteiger partial charge on any atom is 0.247 e. The van der Waals surface area contributed by atoms with Crippen molar-refractivity contribution in [2.45, 2.75) is 12.4 Å². The van der Waals surface area contributed by atoms with Gasteiger partial charge in [-0.1, -0.05) is 24.3 Å². The van der Waals surface area contributed by atoms with Crippen molar-refractivity contribution in [3.8, 4) is 23.0 Å². The quantitative estimate of drug-likeness (QED) is 0.334. The van der Waals surface area contributed by atoms with E-state index >= 15 is 0 Å². The molecule has 0 amide bonds. The van der Waals surface area contributed by atoms with Crippen LogP contribution in [0.4, 0.5) is 0 Å². The Morgan fingerprint density at radius 1 is 0.800 bits per heavy atom. The summed E-state index contributed by atoms with van der Waals surface area (Å²) in [7, 11) is 0. The van der Waals surface area contributed by atoms with Crippen LogP contribution in [0.15, 0.2) is 83.4 Å². The second-order valence-corrected chi connectivity index (χ2v) is 7.45. The van der Waals surface area contributed by atoms with Gasteiger partial charge in [-0.05, 0) is 48.5 Å².